The van der Waals surface area contributed by atoms with Crippen LogP contribution in [-0.4, -0.2) is 25.0 Å². The molecule has 2 aliphatic rings. The molecule has 1 saturated carbocycles. The standard InChI is InChI=1S/C13H17N3/c14-13(4-5-13)9-11-2-1-3-12(8-11)16-7-6-15-10-16/h1-3,8,10H,4-7,9,14H2. The fraction of sp³-hybridized carbons (Fsp3) is 0.462. The first kappa shape index (κ1) is 9.85. The molecule has 3 nitrogen and oxygen atoms in total. The van der Waals surface area contributed by atoms with Gasteiger partial charge in [-0.1, -0.05) is 12.1 Å². The lowest BCUT2D eigenvalue weighted by atomic mass is 10.0. The quantitative estimate of drug-likeness (QED) is 0.831. The molecule has 0 aromatic heterocycles. The Hall–Kier alpha value is -1.35. The Bertz CT molecular complexity index is 421. The van der Waals surface area contributed by atoms with Gasteiger partial charge in [-0.15, -0.1) is 0 Å². The summed E-state index contributed by atoms with van der Waals surface area (Å²) >= 11 is 0. The van der Waals surface area contributed by atoms with Gasteiger partial charge in [0, 0.05) is 17.8 Å². The molecule has 1 fully saturated rings. The van der Waals surface area contributed by atoms with Crippen LogP contribution in [0.5, 0.6) is 0 Å². The second kappa shape index (κ2) is 3.59. The van der Waals surface area contributed by atoms with E-state index in [0.717, 1.165) is 19.5 Å². The molecule has 1 aliphatic heterocycles. The maximum Gasteiger partial charge on any atom is 0.0895 e. The van der Waals surface area contributed by atoms with E-state index in [9.17, 15) is 0 Å². The normalized spacial score (nSPS) is 21.4. The Morgan fingerprint density at radius 2 is 2.25 bits per heavy atom. The minimum absolute atomic E-state index is 0.0950. The molecule has 1 aromatic carbocycles. The summed E-state index contributed by atoms with van der Waals surface area (Å²) in [7, 11) is 0. The number of nitrogens with two attached hydrogens (primary N) is 1. The minimum Gasteiger partial charge on any atom is -0.331 e. The second-order valence-electron chi connectivity index (χ2n) is 4.92. The molecule has 3 heteroatoms. The molecule has 16 heavy (non-hydrogen) atoms. The predicted molar refractivity (Wildman–Crippen MR) is 67.0 cm³/mol. The van der Waals surface area contributed by atoms with E-state index in [1.54, 1.807) is 0 Å². The molecule has 0 bridgehead atoms. The first-order valence-electron chi connectivity index (χ1n) is 5.90. The van der Waals surface area contributed by atoms with Crippen molar-refractivity contribution in [3.05, 3.63) is 29.8 Å². The van der Waals surface area contributed by atoms with E-state index >= 15 is 0 Å². The molecule has 1 heterocycles. The number of anilines is 1. The van der Waals surface area contributed by atoms with Crippen molar-refractivity contribution in [2.75, 3.05) is 18.0 Å². The fourth-order valence-corrected chi connectivity index (χ4v) is 2.16. The van der Waals surface area contributed by atoms with Gasteiger partial charge in [-0.05, 0) is 37.0 Å². The lowest BCUT2D eigenvalue weighted by Gasteiger charge is -2.16. The average molecular weight is 215 g/mol. The zero-order valence-electron chi connectivity index (χ0n) is 9.39. The molecule has 2 N–H and O–H groups in total. The third-order valence-corrected chi connectivity index (χ3v) is 3.38. The molecule has 0 unspecified atom stereocenters. The van der Waals surface area contributed by atoms with Crippen molar-refractivity contribution >= 4 is 12.0 Å². The number of aliphatic imine (C=N–C) groups is 1. The molecule has 84 valence electrons. The lowest BCUT2D eigenvalue weighted by Crippen LogP contribution is -2.24. The summed E-state index contributed by atoms with van der Waals surface area (Å²) in [5.41, 5.74) is 8.82. The zero-order valence-corrected chi connectivity index (χ0v) is 9.39. The molecular weight excluding hydrogens is 198 g/mol. The highest BCUT2D eigenvalue weighted by Crippen LogP contribution is 2.36. The number of hydrogen-bond acceptors (Lipinski definition) is 3. The van der Waals surface area contributed by atoms with E-state index in [2.05, 4.69) is 34.2 Å². The average Bonchev–Trinajstić information content (AvgIpc) is 2.84. The van der Waals surface area contributed by atoms with Gasteiger partial charge in [0.2, 0.25) is 0 Å². The van der Waals surface area contributed by atoms with Gasteiger partial charge in [0.1, 0.15) is 0 Å². The highest BCUT2D eigenvalue weighted by molar-refractivity contribution is 5.81. The number of rotatable bonds is 3. The molecule has 0 saturated heterocycles. The van der Waals surface area contributed by atoms with Gasteiger partial charge in [0.05, 0.1) is 12.9 Å². The zero-order chi connectivity index (χ0) is 11.0. The first-order chi connectivity index (χ1) is 7.75. The van der Waals surface area contributed by atoms with Crippen LogP contribution in [0.3, 0.4) is 0 Å². The number of hydrogen-bond donors (Lipinski definition) is 1. The highest BCUT2D eigenvalue weighted by atomic mass is 15.2. The van der Waals surface area contributed by atoms with E-state index in [0.29, 0.717) is 0 Å². The van der Waals surface area contributed by atoms with Gasteiger partial charge in [-0.3, -0.25) is 4.99 Å². The summed E-state index contributed by atoms with van der Waals surface area (Å²) in [5.74, 6) is 0. The van der Waals surface area contributed by atoms with Crippen molar-refractivity contribution in [3.63, 3.8) is 0 Å². The third kappa shape index (κ3) is 1.95. The van der Waals surface area contributed by atoms with Gasteiger partial charge < -0.3 is 10.6 Å². The van der Waals surface area contributed by atoms with Gasteiger partial charge in [-0.25, -0.2) is 0 Å². The summed E-state index contributed by atoms with van der Waals surface area (Å²) < 4.78 is 0. The maximum atomic E-state index is 6.14. The van der Waals surface area contributed by atoms with Gasteiger partial charge in [0.15, 0.2) is 0 Å². The summed E-state index contributed by atoms with van der Waals surface area (Å²) in [5, 5.41) is 0. The molecule has 0 atom stereocenters. The minimum atomic E-state index is 0.0950. The second-order valence-corrected chi connectivity index (χ2v) is 4.92. The summed E-state index contributed by atoms with van der Waals surface area (Å²) in [6, 6.07) is 8.66. The SMILES string of the molecule is NC1(Cc2cccc(N3C=NCC3)c2)CC1. The Kier molecular flexibility index (Phi) is 2.21. The van der Waals surface area contributed by atoms with Crippen LogP contribution in [-0.2, 0) is 6.42 Å². The monoisotopic (exact) mass is 215 g/mol. The third-order valence-electron chi connectivity index (χ3n) is 3.38. The van der Waals surface area contributed by atoms with Crippen LogP contribution in [0.25, 0.3) is 0 Å². The van der Waals surface area contributed by atoms with Crippen molar-refractivity contribution < 1.29 is 0 Å². The first-order valence-corrected chi connectivity index (χ1v) is 5.90. The van der Waals surface area contributed by atoms with E-state index in [4.69, 9.17) is 5.73 Å². The Morgan fingerprint density at radius 3 is 2.94 bits per heavy atom. The van der Waals surface area contributed by atoms with Crippen LogP contribution in [0.2, 0.25) is 0 Å². The molecule has 3 rings (SSSR count). The maximum absolute atomic E-state index is 6.14. The van der Waals surface area contributed by atoms with Crippen molar-refractivity contribution in [1.29, 1.82) is 0 Å². The smallest absolute Gasteiger partial charge is 0.0895 e. The van der Waals surface area contributed by atoms with Crippen LogP contribution in [0.4, 0.5) is 5.69 Å². The molecule has 0 spiro atoms. The summed E-state index contributed by atoms with van der Waals surface area (Å²) in [6.45, 7) is 1.91. The van der Waals surface area contributed by atoms with Gasteiger partial charge in [0.25, 0.3) is 0 Å². The Balaban J connectivity index is 1.79. The predicted octanol–water partition coefficient (Wildman–Crippen LogP) is 1.57. The van der Waals surface area contributed by atoms with Crippen LogP contribution in [0.15, 0.2) is 29.3 Å². The van der Waals surface area contributed by atoms with Crippen molar-refractivity contribution in [1.82, 2.24) is 0 Å². The van der Waals surface area contributed by atoms with Gasteiger partial charge in [-0.2, -0.15) is 0 Å². The van der Waals surface area contributed by atoms with Crippen LogP contribution in [0.1, 0.15) is 18.4 Å². The largest absolute Gasteiger partial charge is 0.331 e. The summed E-state index contributed by atoms with van der Waals surface area (Å²) in [6.07, 6.45) is 5.27. The van der Waals surface area contributed by atoms with Crippen molar-refractivity contribution in [2.45, 2.75) is 24.8 Å². The molecule has 1 aromatic rings. The number of nitrogens with zero attached hydrogens (tertiary/aromatic N) is 2. The molecule has 0 radical (unpaired) electrons. The lowest BCUT2D eigenvalue weighted by molar-refractivity contribution is 0.672. The van der Waals surface area contributed by atoms with Crippen LogP contribution < -0.4 is 10.6 Å². The fourth-order valence-electron chi connectivity index (χ4n) is 2.16. The van der Waals surface area contributed by atoms with Gasteiger partial charge >= 0.3 is 0 Å². The topological polar surface area (TPSA) is 41.6 Å². The van der Waals surface area contributed by atoms with E-state index in [1.165, 1.54) is 24.1 Å². The van der Waals surface area contributed by atoms with Crippen LogP contribution >= 0.6 is 0 Å². The molecule has 0 amide bonds. The summed E-state index contributed by atoms with van der Waals surface area (Å²) in [4.78, 5) is 6.43. The Morgan fingerprint density at radius 1 is 1.38 bits per heavy atom. The van der Waals surface area contributed by atoms with E-state index in [-0.39, 0.29) is 5.54 Å². The Labute approximate surface area is 96.0 Å². The van der Waals surface area contributed by atoms with Crippen molar-refractivity contribution in [2.24, 2.45) is 10.7 Å². The van der Waals surface area contributed by atoms with Crippen LogP contribution in [0, 0.1) is 0 Å². The van der Waals surface area contributed by atoms with E-state index in [1.807, 2.05) is 6.34 Å². The van der Waals surface area contributed by atoms with Crippen molar-refractivity contribution in [3.8, 4) is 0 Å². The van der Waals surface area contributed by atoms with E-state index < -0.39 is 0 Å². The molecule has 1 aliphatic carbocycles. The highest BCUT2D eigenvalue weighted by Gasteiger charge is 2.37. The number of benzene rings is 1. The molecular formula is C13H17N3.